The zero-order valence-corrected chi connectivity index (χ0v) is 12.3. The number of hydrogen-bond donors (Lipinski definition) is 2. The Hall–Kier alpha value is -1.55. The first kappa shape index (κ1) is 14.9. The van der Waals surface area contributed by atoms with Crippen molar-refractivity contribution in [3.8, 4) is 0 Å². The molecule has 1 aliphatic heterocycles. The van der Waals surface area contributed by atoms with Crippen LogP contribution in [0.25, 0.3) is 0 Å². The van der Waals surface area contributed by atoms with Gasteiger partial charge < -0.3 is 16.0 Å². The van der Waals surface area contributed by atoms with Gasteiger partial charge >= 0.3 is 0 Å². The lowest BCUT2D eigenvalue weighted by Gasteiger charge is -2.20. The molecule has 3 N–H and O–H groups in total. The number of anilines is 1. The van der Waals surface area contributed by atoms with Gasteiger partial charge in [-0.25, -0.2) is 0 Å². The molecule has 0 saturated carbocycles. The second kappa shape index (κ2) is 7.29. The van der Waals surface area contributed by atoms with E-state index in [1.807, 2.05) is 24.3 Å². The molecule has 1 fully saturated rings. The molecule has 0 spiro atoms. The van der Waals surface area contributed by atoms with Gasteiger partial charge in [0.1, 0.15) is 0 Å². The summed E-state index contributed by atoms with van der Waals surface area (Å²) in [5.74, 6) is 0.543. The minimum absolute atomic E-state index is 0.0520. The van der Waals surface area contributed by atoms with E-state index in [1.54, 1.807) is 0 Å². The van der Waals surface area contributed by atoms with E-state index in [0.29, 0.717) is 18.0 Å². The summed E-state index contributed by atoms with van der Waals surface area (Å²) in [6, 6.07) is 7.53. The molecule has 0 bridgehead atoms. The van der Waals surface area contributed by atoms with Crippen LogP contribution in [0.1, 0.15) is 25.3 Å². The van der Waals surface area contributed by atoms with Crippen molar-refractivity contribution >= 4 is 11.6 Å². The number of likely N-dealkylation sites (tertiary alicyclic amines) is 1. The fraction of sp³-hybridized carbons (Fsp3) is 0.562. The highest BCUT2D eigenvalue weighted by Gasteiger charge is 2.15. The Morgan fingerprint density at radius 2 is 2.05 bits per heavy atom. The fourth-order valence-corrected chi connectivity index (χ4v) is 2.69. The lowest BCUT2D eigenvalue weighted by molar-refractivity contribution is -0.120. The second-order valence-corrected chi connectivity index (χ2v) is 5.79. The van der Waals surface area contributed by atoms with E-state index in [1.165, 1.54) is 25.9 Å². The highest BCUT2D eigenvalue weighted by molar-refractivity contribution is 5.80. The van der Waals surface area contributed by atoms with Crippen LogP contribution >= 0.6 is 0 Å². The van der Waals surface area contributed by atoms with Gasteiger partial charge in [-0.15, -0.1) is 0 Å². The number of nitrogens with two attached hydrogens (primary N) is 1. The quantitative estimate of drug-likeness (QED) is 0.776. The molecule has 1 heterocycles. The summed E-state index contributed by atoms with van der Waals surface area (Å²) in [5, 5.41) is 3.01. The van der Waals surface area contributed by atoms with Crippen LogP contribution < -0.4 is 11.1 Å². The van der Waals surface area contributed by atoms with E-state index in [-0.39, 0.29) is 5.91 Å². The Balaban J connectivity index is 1.70. The molecular weight excluding hydrogens is 250 g/mol. The summed E-state index contributed by atoms with van der Waals surface area (Å²) in [5.41, 5.74) is 7.43. The van der Waals surface area contributed by atoms with Gasteiger partial charge in [-0.3, -0.25) is 4.79 Å². The van der Waals surface area contributed by atoms with Gasteiger partial charge in [0.05, 0.1) is 6.42 Å². The van der Waals surface area contributed by atoms with Crippen molar-refractivity contribution in [2.75, 3.05) is 31.9 Å². The van der Waals surface area contributed by atoms with Crippen molar-refractivity contribution < 1.29 is 4.79 Å². The average molecular weight is 275 g/mol. The summed E-state index contributed by atoms with van der Waals surface area (Å²) in [6.45, 7) is 6.42. The Bertz CT molecular complexity index is 441. The second-order valence-electron chi connectivity index (χ2n) is 5.79. The molecule has 1 amide bonds. The maximum atomic E-state index is 11.9. The first-order valence-electron chi connectivity index (χ1n) is 7.47. The number of nitrogens with zero attached hydrogens (tertiary/aromatic N) is 1. The molecule has 1 unspecified atom stereocenters. The van der Waals surface area contributed by atoms with Crippen LogP contribution in [0.5, 0.6) is 0 Å². The monoisotopic (exact) mass is 275 g/mol. The zero-order chi connectivity index (χ0) is 14.4. The van der Waals surface area contributed by atoms with Crippen LogP contribution in [0.3, 0.4) is 0 Å². The predicted octanol–water partition coefficient (Wildman–Crippen LogP) is 1.66. The van der Waals surface area contributed by atoms with Gasteiger partial charge in [-0.05, 0) is 43.5 Å². The minimum Gasteiger partial charge on any atom is -0.398 e. The number of rotatable bonds is 6. The Morgan fingerprint density at radius 1 is 1.35 bits per heavy atom. The number of hydrogen-bond acceptors (Lipinski definition) is 3. The summed E-state index contributed by atoms with van der Waals surface area (Å²) in [6.07, 6.45) is 2.99. The molecule has 1 aromatic carbocycles. The molecule has 20 heavy (non-hydrogen) atoms. The van der Waals surface area contributed by atoms with Gasteiger partial charge in [0.25, 0.3) is 0 Å². The van der Waals surface area contributed by atoms with Crippen LogP contribution in [0, 0.1) is 5.92 Å². The summed E-state index contributed by atoms with van der Waals surface area (Å²) in [7, 11) is 0. The van der Waals surface area contributed by atoms with Gasteiger partial charge in [0, 0.05) is 18.8 Å². The Morgan fingerprint density at radius 3 is 2.75 bits per heavy atom. The van der Waals surface area contributed by atoms with Crippen molar-refractivity contribution in [2.24, 2.45) is 5.92 Å². The molecular formula is C16H25N3O. The van der Waals surface area contributed by atoms with Crippen LogP contribution in [0.2, 0.25) is 0 Å². The molecule has 0 radical (unpaired) electrons. The third-order valence-electron chi connectivity index (χ3n) is 3.82. The predicted molar refractivity (Wildman–Crippen MR) is 82.4 cm³/mol. The summed E-state index contributed by atoms with van der Waals surface area (Å²) in [4.78, 5) is 14.4. The minimum atomic E-state index is 0.0520. The number of amides is 1. The van der Waals surface area contributed by atoms with Crippen molar-refractivity contribution in [1.82, 2.24) is 10.2 Å². The average Bonchev–Trinajstić information content (AvgIpc) is 2.92. The smallest absolute Gasteiger partial charge is 0.224 e. The van der Waals surface area contributed by atoms with Gasteiger partial charge in [0.2, 0.25) is 5.91 Å². The topological polar surface area (TPSA) is 58.4 Å². The number of para-hydroxylation sites is 1. The number of nitrogen functional groups attached to an aromatic ring is 1. The van der Waals surface area contributed by atoms with Crippen molar-refractivity contribution in [1.29, 1.82) is 0 Å². The van der Waals surface area contributed by atoms with Gasteiger partial charge in [-0.1, -0.05) is 25.1 Å². The Kier molecular flexibility index (Phi) is 5.41. The lowest BCUT2D eigenvalue weighted by atomic mass is 10.1. The molecule has 4 heteroatoms. The first-order chi connectivity index (χ1) is 9.65. The normalized spacial score (nSPS) is 17.1. The third kappa shape index (κ3) is 4.53. The Labute approximate surface area is 121 Å². The van der Waals surface area contributed by atoms with E-state index >= 15 is 0 Å². The van der Waals surface area contributed by atoms with Crippen LogP contribution in [-0.4, -0.2) is 37.0 Å². The molecule has 0 aliphatic carbocycles. The standard InChI is InChI=1S/C16H25N3O/c1-13(12-19-8-4-5-9-19)11-18-16(20)10-14-6-2-3-7-15(14)17/h2-3,6-7,13H,4-5,8-12,17H2,1H3,(H,18,20). The highest BCUT2D eigenvalue weighted by Crippen LogP contribution is 2.11. The van der Waals surface area contributed by atoms with Gasteiger partial charge in [-0.2, -0.15) is 0 Å². The maximum Gasteiger partial charge on any atom is 0.224 e. The van der Waals surface area contributed by atoms with E-state index in [4.69, 9.17) is 5.73 Å². The summed E-state index contributed by atoms with van der Waals surface area (Å²) >= 11 is 0. The number of carbonyl (C=O) groups is 1. The van der Waals surface area contributed by atoms with E-state index in [9.17, 15) is 4.79 Å². The van der Waals surface area contributed by atoms with E-state index in [0.717, 1.165) is 18.7 Å². The summed E-state index contributed by atoms with van der Waals surface area (Å²) < 4.78 is 0. The number of carbonyl (C=O) groups excluding carboxylic acids is 1. The van der Waals surface area contributed by atoms with Crippen LogP contribution in [0.4, 0.5) is 5.69 Å². The largest absolute Gasteiger partial charge is 0.398 e. The fourth-order valence-electron chi connectivity index (χ4n) is 2.69. The SMILES string of the molecule is CC(CNC(=O)Cc1ccccc1N)CN1CCCC1. The molecule has 1 aromatic rings. The van der Waals surface area contributed by atoms with Crippen molar-refractivity contribution in [3.05, 3.63) is 29.8 Å². The molecule has 1 atom stereocenters. The molecule has 1 saturated heterocycles. The first-order valence-corrected chi connectivity index (χ1v) is 7.47. The van der Waals surface area contributed by atoms with E-state index in [2.05, 4.69) is 17.1 Å². The molecule has 110 valence electrons. The zero-order valence-electron chi connectivity index (χ0n) is 12.3. The third-order valence-corrected chi connectivity index (χ3v) is 3.82. The van der Waals surface area contributed by atoms with Crippen molar-refractivity contribution in [3.63, 3.8) is 0 Å². The van der Waals surface area contributed by atoms with Crippen LogP contribution in [-0.2, 0) is 11.2 Å². The molecule has 0 aromatic heterocycles. The highest BCUT2D eigenvalue weighted by atomic mass is 16.1. The molecule has 2 rings (SSSR count). The van der Waals surface area contributed by atoms with E-state index < -0.39 is 0 Å². The number of benzene rings is 1. The lowest BCUT2D eigenvalue weighted by Crippen LogP contribution is -2.35. The molecule has 4 nitrogen and oxygen atoms in total. The van der Waals surface area contributed by atoms with Crippen molar-refractivity contribution in [2.45, 2.75) is 26.2 Å². The van der Waals surface area contributed by atoms with Gasteiger partial charge in [0.15, 0.2) is 0 Å². The molecule has 1 aliphatic rings. The maximum absolute atomic E-state index is 11.9. The van der Waals surface area contributed by atoms with Crippen LogP contribution in [0.15, 0.2) is 24.3 Å². The number of nitrogens with one attached hydrogen (secondary N) is 1.